The van der Waals surface area contributed by atoms with Crippen LogP contribution in [0.3, 0.4) is 0 Å². The first-order chi connectivity index (χ1) is 14.1. The number of imide groups is 1. The molecule has 4 rings (SSSR count). The maximum atomic E-state index is 13.0. The van der Waals surface area contributed by atoms with Crippen molar-refractivity contribution in [1.29, 1.82) is 0 Å². The first-order valence-electron chi connectivity index (χ1n) is 10.6. The van der Waals surface area contributed by atoms with E-state index in [2.05, 4.69) is 5.32 Å². The number of piperidine rings is 1. The molecule has 1 saturated carbocycles. The molecule has 1 aromatic carbocycles. The van der Waals surface area contributed by atoms with Gasteiger partial charge in [-0.1, -0.05) is 30.3 Å². The van der Waals surface area contributed by atoms with E-state index in [1.54, 1.807) is 0 Å². The van der Waals surface area contributed by atoms with E-state index >= 15 is 0 Å². The fourth-order valence-electron chi connectivity index (χ4n) is 4.75. The second kappa shape index (κ2) is 8.49. The van der Waals surface area contributed by atoms with E-state index < -0.39 is 5.60 Å². The largest absolute Gasteiger partial charge is 0.454 e. The Balaban J connectivity index is 1.35. The first kappa shape index (κ1) is 19.8. The summed E-state index contributed by atoms with van der Waals surface area (Å²) in [5.41, 5.74) is 0.530. The Morgan fingerprint density at radius 3 is 2.24 bits per heavy atom. The number of esters is 1. The van der Waals surface area contributed by atoms with Crippen LogP contribution < -0.4 is 5.32 Å². The lowest BCUT2D eigenvalue weighted by molar-refractivity contribution is -0.171. The Kier molecular flexibility index (Phi) is 5.81. The molecule has 3 aliphatic rings. The maximum Gasteiger partial charge on any atom is 0.309 e. The van der Waals surface area contributed by atoms with Gasteiger partial charge in [-0.2, -0.15) is 0 Å². The molecule has 154 valence electrons. The molecule has 0 spiro atoms. The molecule has 29 heavy (non-hydrogen) atoms. The van der Waals surface area contributed by atoms with Crippen molar-refractivity contribution in [3.05, 3.63) is 48.0 Å². The Hall–Kier alpha value is -2.47. The standard InChI is InChI=1S/C23H28N2O4/c26-20-10-11-21(27)25(20)16-17-6-8-18(9-7-17)22(28)29-23(12-14-24-15-13-23)19-4-2-1-3-5-19/h1-5,10-11,17-18,24H,6-9,12-16H2. The van der Waals surface area contributed by atoms with Gasteiger partial charge in [0.15, 0.2) is 0 Å². The zero-order chi connectivity index (χ0) is 20.3. The fraction of sp³-hybridized carbons (Fsp3) is 0.522. The molecule has 2 amide bonds. The van der Waals surface area contributed by atoms with E-state index in [4.69, 9.17) is 4.74 Å². The van der Waals surface area contributed by atoms with E-state index in [0.29, 0.717) is 6.54 Å². The van der Waals surface area contributed by atoms with Crippen molar-refractivity contribution < 1.29 is 19.1 Å². The van der Waals surface area contributed by atoms with E-state index in [-0.39, 0.29) is 29.6 Å². The fourth-order valence-corrected chi connectivity index (χ4v) is 4.75. The minimum Gasteiger partial charge on any atom is -0.454 e. The molecule has 1 aromatic rings. The summed E-state index contributed by atoms with van der Waals surface area (Å²) in [4.78, 5) is 37.9. The zero-order valence-electron chi connectivity index (χ0n) is 16.6. The van der Waals surface area contributed by atoms with E-state index in [1.165, 1.54) is 17.1 Å². The summed E-state index contributed by atoms with van der Waals surface area (Å²) in [5, 5.41) is 3.35. The van der Waals surface area contributed by atoms with Crippen LogP contribution in [0.25, 0.3) is 0 Å². The molecule has 2 heterocycles. The second-order valence-electron chi connectivity index (χ2n) is 8.37. The van der Waals surface area contributed by atoms with Gasteiger partial charge in [0.05, 0.1) is 5.92 Å². The number of carbonyl (C=O) groups is 3. The van der Waals surface area contributed by atoms with E-state index in [9.17, 15) is 14.4 Å². The number of ether oxygens (including phenoxy) is 1. The van der Waals surface area contributed by atoms with Crippen molar-refractivity contribution in [2.24, 2.45) is 11.8 Å². The lowest BCUT2D eigenvalue weighted by Gasteiger charge is -2.39. The van der Waals surface area contributed by atoms with Gasteiger partial charge in [-0.15, -0.1) is 0 Å². The molecule has 1 N–H and O–H groups in total. The molecule has 1 aliphatic carbocycles. The van der Waals surface area contributed by atoms with Crippen LogP contribution in [0.5, 0.6) is 0 Å². The van der Waals surface area contributed by atoms with Crippen molar-refractivity contribution in [3.8, 4) is 0 Å². The van der Waals surface area contributed by atoms with Crippen LogP contribution in [0.15, 0.2) is 42.5 Å². The number of hydrogen-bond donors (Lipinski definition) is 1. The highest BCUT2D eigenvalue weighted by Crippen LogP contribution is 2.38. The number of carbonyl (C=O) groups excluding carboxylic acids is 3. The third-order valence-electron chi connectivity index (χ3n) is 6.53. The smallest absolute Gasteiger partial charge is 0.309 e. The first-order valence-corrected chi connectivity index (χ1v) is 10.6. The molecule has 0 bridgehead atoms. The molecule has 6 nitrogen and oxygen atoms in total. The van der Waals surface area contributed by atoms with Gasteiger partial charge in [-0.05, 0) is 50.3 Å². The van der Waals surface area contributed by atoms with Crippen LogP contribution in [0.2, 0.25) is 0 Å². The maximum absolute atomic E-state index is 13.0. The lowest BCUT2D eigenvalue weighted by atomic mass is 9.81. The molecule has 0 radical (unpaired) electrons. The molecular weight excluding hydrogens is 368 g/mol. The Bertz CT molecular complexity index is 772. The molecule has 6 heteroatoms. The van der Waals surface area contributed by atoms with Crippen LogP contribution in [0.1, 0.15) is 44.1 Å². The van der Waals surface area contributed by atoms with Crippen molar-refractivity contribution in [2.75, 3.05) is 19.6 Å². The topological polar surface area (TPSA) is 75.7 Å². The number of benzene rings is 1. The number of rotatable bonds is 5. The van der Waals surface area contributed by atoms with Gasteiger partial charge in [0.1, 0.15) is 5.60 Å². The average Bonchev–Trinajstić information content (AvgIpc) is 3.07. The van der Waals surface area contributed by atoms with Crippen LogP contribution in [0.4, 0.5) is 0 Å². The summed E-state index contributed by atoms with van der Waals surface area (Å²) >= 11 is 0. The van der Waals surface area contributed by atoms with Gasteiger partial charge in [0.25, 0.3) is 11.8 Å². The molecule has 0 atom stereocenters. The molecule has 0 unspecified atom stereocenters. The van der Waals surface area contributed by atoms with Gasteiger partial charge in [-0.25, -0.2) is 0 Å². The minimum atomic E-state index is -0.541. The summed E-state index contributed by atoms with van der Waals surface area (Å²) in [6.07, 6.45) is 7.37. The van der Waals surface area contributed by atoms with Gasteiger partial charge in [0.2, 0.25) is 0 Å². The number of nitrogens with zero attached hydrogens (tertiary/aromatic N) is 1. The summed E-state index contributed by atoms with van der Waals surface area (Å²) in [5.74, 6) is -0.415. The predicted octanol–water partition coefficient (Wildman–Crippen LogP) is 2.54. The SMILES string of the molecule is O=C(OC1(c2ccccc2)CCNCC1)C1CCC(CN2C(=O)C=CC2=O)CC1. The zero-order valence-corrected chi connectivity index (χ0v) is 16.6. The quantitative estimate of drug-likeness (QED) is 0.611. The summed E-state index contributed by atoms with van der Waals surface area (Å²) < 4.78 is 6.20. The van der Waals surface area contributed by atoms with Crippen molar-refractivity contribution in [2.45, 2.75) is 44.1 Å². The second-order valence-corrected chi connectivity index (χ2v) is 8.37. The van der Waals surface area contributed by atoms with Gasteiger partial charge >= 0.3 is 5.97 Å². The van der Waals surface area contributed by atoms with Crippen LogP contribution in [-0.4, -0.2) is 42.3 Å². The van der Waals surface area contributed by atoms with E-state index in [0.717, 1.165) is 57.2 Å². The van der Waals surface area contributed by atoms with Crippen LogP contribution in [0, 0.1) is 11.8 Å². The van der Waals surface area contributed by atoms with Crippen LogP contribution >= 0.6 is 0 Å². The van der Waals surface area contributed by atoms with Gasteiger partial charge in [0, 0.05) is 31.5 Å². The van der Waals surface area contributed by atoms with Crippen LogP contribution in [-0.2, 0) is 24.7 Å². The predicted molar refractivity (Wildman–Crippen MR) is 108 cm³/mol. The highest BCUT2D eigenvalue weighted by atomic mass is 16.6. The number of amides is 2. The van der Waals surface area contributed by atoms with Gasteiger partial charge in [-0.3, -0.25) is 19.3 Å². The molecule has 0 aromatic heterocycles. The Labute approximate surface area is 171 Å². The molecular formula is C23H28N2O4. The van der Waals surface area contributed by atoms with Crippen molar-refractivity contribution in [1.82, 2.24) is 10.2 Å². The lowest BCUT2D eigenvalue weighted by Crippen LogP contribution is -2.44. The summed E-state index contributed by atoms with van der Waals surface area (Å²) in [6.45, 7) is 2.12. The van der Waals surface area contributed by atoms with Crippen molar-refractivity contribution in [3.63, 3.8) is 0 Å². The molecule has 2 fully saturated rings. The monoisotopic (exact) mass is 396 g/mol. The minimum absolute atomic E-state index is 0.107. The highest BCUT2D eigenvalue weighted by Gasteiger charge is 2.40. The van der Waals surface area contributed by atoms with Crippen molar-refractivity contribution >= 4 is 17.8 Å². The summed E-state index contributed by atoms with van der Waals surface area (Å²) in [6, 6.07) is 10.1. The highest BCUT2D eigenvalue weighted by molar-refractivity contribution is 6.12. The number of nitrogens with one attached hydrogen (secondary N) is 1. The van der Waals surface area contributed by atoms with E-state index in [1.807, 2.05) is 30.3 Å². The molecule has 2 aliphatic heterocycles. The van der Waals surface area contributed by atoms with Gasteiger partial charge < -0.3 is 10.1 Å². The third kappa shape index (κ3) is 4.27. The molecule has 1 saturated heterocycles. The Morgan fingerprint density at radius 2 is 1.62 bits per heavy atom. The number of hydrogen-bond acceptors (Lipinski definition) is 5. The third-order valence-corrected chi connectivity index (χ3v) is 6.53. The normalized spacial score (nSPS) is 26.6. The average molecular weight is 396 g/mol. The Morgan fingerprint density at radius 1 is 1.00 bits per heavy atom. The summed E-state index contributed by atoms with van der Waals surface area (Å²) in [7, 11) is 0.